The number of aromatic nitrogens is 4. The van der Waals surface area contributed by atoms with Crippen molar-refractivity contribution in [1.82, 2.24) is 19.5 Å². The molecule has 0 N–H and O–H groups in total. The van der Waals surface area contributed by atoms with Gasteiger partial charge >= 0.3 is 0 Å². The summed E-state index contributed by atoms with van der Waals surface area (Å²) >= 11 is 0. The SMILES string of the molecule is c1ccc(-c2nc(-c3ccccc3)nc(-c3cc(-c4ccc5ccccc5c4)ccc3-c3cc(-n4c5ccccc5c5ccccc54)cc4c3oc3ccccc34)n2)cc1. The van der Waals surface area contributed by atoms with E-state index in [1.54, 1.807) is 0 Å². The lowest BCUT2D eigenvalue weighted by atomic mass is 9.92. The van der Waals surface area contributed by atoms with Gasteiger partial charge in [-0.05, 0) is 69.9 Å². The molecule has 0 aliphatic heterocycles. The Morgan fingerprint density at radius 1 is 0.333 bits per heavy atom. The standard InChI is InChI=1S/C55H34N4O/c1-3-16-36(17-4-1)53-56-54(37-18-5-2-6-19-37)58-55(57-53)48-32-40(39-28-27-35-15-7-8-20-38(35)31-39)29-30-42(48)46-33-41(34-47-45-23-11-14-26-51(45)60-52(46)47)59-49-24-12-9-21-43(49)44-22-10-13-25-50(44)59/h1-34H. The van der Waals surface area contributed by atoms with Gasteiger partial charge in [0.25, 0.3) is 0 Å². The molecule has 0 aliphatic rings. The second-order valence-corrected chi connectivity index (χ2v) is 15.2. The average molecular weight is 767 g/mol. The Labute approximate surface area is 345 Å². The fourth-order valence-corrected chi connectivity index (χ4v) is 8.78. The zero-order valence-electron chi connectivity index (χ0n) is 32.3. The summed E-state index contributed by atoms with van der Waals surface area (Å²) in [6.45, 7) is 0. The molecular formula is C55H34N4O. The first-order chi connectivity index (χ1) is 29.7. The highest BCUT2D eigenvalue weighted by molar-refractivity contribution is 6.13. The zero-order valence-corrected chi connectivity index (χ0v) is 32.3. The molecule has 9 aromatic carbocycles. The van der Waals surface area contributed by atoms with Gasteiger partial charge in [-0.1, -0.05) is 164 Å². The summed E-state index contributed by atoms with van der Waals surface area (Å²) < 4.78 is 9.24. The van der Waals surface area contributed by atoms with E-state index < -0.39 is 0 Å². The zero-order chi connectivity index (χ0) is 39.6. The molecule has 12 aromatic rings. The Balaban J connectivity index is 1.18. The van der Waals surface area contributed by atoms with Crippen molar-refractivity contribution in [3.8, 4) is 62.1 Å². The summed E-state index contributed by atoms with van der Waals surface area (Å²) in [6.07, 6.45) is 0. The Hall–Kier alpha value is -8.15. The molecule has 60 heavy (non-hydrogen) atoms. The average Bonchev–Trinajstić information content (AvgIpc) is 3.87. The largest absolute Gasteiger partial charge is 0.455 e. The molecule has 3 aromatic heterocycles. The molecule has 3 heterocycles. The lowest BCUT2D eigenvalue weighted by molar-refractivity contribution is 0.670. The van der Waals surface area contributed by atoms with Crippen LogP contribution in [0.25, 0.3) is 117 Å². The van der Waals surface area contributed by atoms with E-state index in [4.69, 9.17) is 19.4 Å². The van der Waals surface area contributed by atoms with Crippen molar-refractivity contribution in [2.75, 3.05) is 0 Å². The molecule has 0 atom stereocenters. The summed E-state index contributed by atoms with van der Waals surface area (Å²) in [5, 5.41) is 6.89. The van der Waals surface area contributed by atoms with Crippen LogP contribution in [-0.2, 0) is 0 Å². The number of rotatable bonds is 6. The van der Waals surface area contributed by atoms with Gasteiger partial charge in [0.2, 0.25) is 0 Å². The number of hydrogen-bond acceptors (Lipinski definition) is 4. The molecule has 0 saturated carbocycles. The van der Waals surface area contributed by atoms with Gasteiger partial charge in [-0.15, -0.1) is 0 Å². The summed E-state index contributed by atoms with van der Waals surface area (Å²) in [5.74, 6) is 1.79. The molecule has 0 spiro atoms. The monoisotopic (exact) mass is 766 g/mol. The van der Waals surface area contributed by atoms with Crippen LogP contribution in [0.5, 0.6) is 0 Å². The van der Waals surface area contributed by atoms with Crippen LogP contribution < -0.4 is 0 Å². The molecule has 0 radical (unpaired) electrons. The minimum absolute atomic E-state index is 0.576. The Bertz CT molecular complexity index is 3490. The molecule has 0 unspecified atom stereocenters. The van der Waals surface area contributed by atoms with Crippen LogP contribution >= 0.6 is 0 Å². The molecule has 0 saturated heterocycles. The van der Waals surface area contributed by atoms with Crippen molar-refractivity contribution in [3.05, 3.63) is 206 Å². The third-order valence-corrected chi connectivity index (χ3v) is 11.6. The quantitative estimate of drug-likeness (QED) is 0.169. The molecule has 0 fully saturated rings. The van der Waals surface area contributed by atoms with E-state index in [9.17, 15) is 0 Å². The van der Waals surface area contributed by atoms with E-state index in [0.717, 1.165) is 77.6 Å². The van der Waals surface area contributed by atoms with Gasteiger partial charge in [0.15, 0.2) is 17.5 Å². The maximum absolute atomic E-state index is 6.86. The molecule has 12 rings (SSSR count). The third-order valence-electron chi connectivity index (χ3n) is 11.6. The van der Waals surface area contributed by atoms with Gasteiger partial charge < -0.3 is 8.98 Å². The number of nitrogens with zero attached hydrogens (tertiary/aromatic N) is 4. The highest BCUT2D eigenvalue weighted by atomic mass is 16.3. The fourth-order valence-electron chi connectivity index (χ4n) is 8.78. The minimum atomic E-state index is 0.576. The van der Waals surface area contributed by atoms with Crippen molar-refractivity contribution in [3.63, 3.8) is 0 Å². The Morgan fingerprint density at radius 2 is 0.883 bits per heavy atom. The van der Waals surface area contributed by atoms with Crippen LogP contribution in [0, 0.1) is 0 Å². The number of furan rings is 1. The first kappa shape index (κ1) is 33.9. The highest BCUT2D eigenvalue weighted by Crippen LogP contribution is 2.44. The van der Waals surface area contributed by atoms with E-state index in [-0.39, 0.29) is 0 Å². The maximum atomic E-state index is 6.86. The molecule has 280 valence electrons. The minimum Gasteiger partial charge on any atom is -0.455 e. The van der Waals surface area contributed by atoms with Crippen molar-refractivity contribution < 1.29 is 4.42 Å². The summed E-state index contributed by atoms with van der Waals surface area (Å²) in [5.41, 5.74) is 11.7. The van der Waals surface area contributed by atoms with Crippen LogP contribution in [0.1, 0.15) is 0 Å². The predicted octanol–water partition coefficient (Wildman–Crippen LogP) is 14.4. The topological polar surface area (TPSA) is 56.7 Å². The normalized spacial score (nSPS) is 11.7. The van der Waals surface area contributed by atoms with Crippen LogP contribution in [0.3, 0.4) is 0 Å². The number of hydrogen-bond donors (Lipinski definition) is 0. The van der Waals surface area contributed by atoms with Gasteiger partial charge in [-0.2, -0.15) is 0 Å². The Morgan fingerprint density at radius 3 is 1.58 bits per heavy atom. The third kappa shape index (κ3) is 5.59. The summed E-state index contributed by atoms with van der Waals surface area (Å²) in [7, 11) is 0. The van der Waals surface area contributed by atoms with Crippen molar-refractivity contribution in [1.29, 1.82) is 0 Å². The van der Waals surface area contributed by atoms with Gasteiger partial charge in [0, 0.05) is 49.5 Å². The van der Waals surface area contributed by atoms with Gasteiger partial charge in [0.05, 0.1) is 11.0 Å². The number of para-hydroxylation sites is 3. The van der Waals surface area contributed by atoms with Crippen LogP contribution in [-0.4, -0.2) is 19.5 Å². The molecule has 5 heteroatoms. The number of fused-ring (bicyclic) bond motifs is 7. The van der Waals surface area contributed by atoms with Gasteiger partial charge in [-0.25, -0.2) is 15.0 Å². The molecular weight excluding hydrogens is 733 g/mol. The lowest BCUT2D eigenvalue weighted by Gasteiger charge is -2.16. The predicted molar refractivity (Wildman–Crippen MR) is 246 cm³/mol. The van der Waals surface area contributed by atoms with Crippen molar-refractivity contribution >= 4 is 54.5 Å². The van der Waals surface area contributed by atoms with E-state index >= 15 is 0 Å². The molecule has 0 bridgehead atoms. The second kappa shape index (κ2) is 13.8. The van der Waals surface area contributed by atoms with E-state index in [1.165, 1.54) is 21.5 Å². The van der Waals surface area contributed by atoms with Crippen molar-refractivity contribution in [2.45, 2.75) is 0 Å². The summed E-state index contributed by atoms with van der Waals surface area (Å²) in [6, 6.07) is 72.2. The fraction of sp³-hybridized carbons (Fsp3) is 0. The van der Waals surface area contributed by atoms with E-state index in [1.807, 2.05) is 72.8 Å². The van der Waals surface area contributed by atoms with Gasteiger partial charge in [0.1, 0.15) is 11.2 Å². The smallest absolute Gasteiger partial charge is 0.164 e. The van der Waals surface area contributed by atoms with Crippen LogP contribution in [0.4, 0.5) is 0 Å². The highest BCUT2D eigenvalue weighted by Gasteiger charge is 2.23. The first-order valence-corrected chi connectivity index (χ1v) is 20.2. The van der Waals surface area contributed by atoms with Crippen LogP contribution in [0.2, 0.25) is 0 Å². The van der Waals surface area contributed by atoms with Crippen molar-refractivity contribution in [2.24, 2.45) is 0 Å². The summed E-state index contributed by atoms with van der Waals surface area (Å²) in [4.78, 5) is 15.6. The van der Waals surface area contributed by atoms with Gasteiger partial charge in [-0.3, -0.25) is 0 Å². The molecule has 0 aliphatic carbocycles. The molecule has 5 nitrogen and oxygen atoms in total. The van der Waals surface area contributed by atoms with E-state index in [2.05, 4.69) is 138 Å². The maximum Gasteiger partial charge on any atom is 0.164 e. The number of benzene rings is 9. The van der Waals surface area contributed by atoms with E-state index in [0.29, 0.717) is 17.5 Å². The van der Waals surface area contributed by atoms with Crippen LogP contribution in [0.15, 0.2) is 211 Å². The Kier molecular flexibility index (Phi) is 7.78. The second-order valence-electron chi connectivity index (χ2n) is 15.2. The molecule has 0 amide bonds. The lowest BCUT2D eigenvalue weighted by Crippen LogP contribution is -2.02. The first-order valence-electron chi connectivity index (χ1n) is 20.2.